The largest absolute Gasteiger partial charge is 0.332 e. The average Bonchev–Trinajstić information content (AvgIpc) is 2.62. The summed E-state index contributed by atoms with van der Waals surface area (Å²) < 4.78 is 13.5. The van der Waals surface area contributed by atoms with Crippen LogP contribution in [0.25, 0.3) is 10.9 Å². The van der Waals surface area contributed by atoms with Crippen molar-refractivity contribution in [1.82, 2.24) is 9.88 Å². The summed E-state index contributed by atoms with van der Waals surface area (Å²) in [6, 6.07) is 9.80. The molecule has 29 heavy (non-hydrogen) atoms. The molecule has 6 heteroatoms. The number of fused-ring (bicyclic) bond motifs is 1. The zero-order valence-corrected chi connectivity index (χ0v) is 17.3. The minimum Gasteiger partial charge on any atom is -0.332 e. The molecule has 0 aliphatic heterocycles. The van der Waals surface area contributed by atoms with E-state index in [2.05, 4.69) is 10.3 Å². The Morgan fingerprint density at radius 2 is 1.69 bits per heavy atom. The van der Waals surface area contributed by atoms with Gasteiger partial charge >= 0.3 is 0 Å². The van der Waals surface area contributed by atoms with Crippen LogP contribution in [0.4, 0.5) is 10.1 Å². The lowest BCUT2D eigenvalue weighted by atomic mass is 10.0. The number of carbonyl (C=O) groups excluding carboxylic acids is 2. The first kappa shape index (κ1) is 20.5. The molecule has 0 bridgehead atoms. The summed E-state index contributed by atoms with van der Waals surface area (Å²) in [6.07, 6.45) is 0. The highest BCUT2D eigenvalue weighted by Gasteiger charge is 2.19. The van der Waals surface area contributed by atoms with Crippen LogP contribution in [0.15, 0.2) is 36.4 Å². The lowest BCUT2D eigenvalue weighted by molar-refractivity contribution is -0.116. The van der Waals surface area contributed by atoms with Crippen molar-refractivity contribution < 1.29 is 14.0 Å². The molecule has 2 aromatic carbocycles. The maximum atomic E-state index is 13.5. The molecule has 0 saturated carbocycles. The molecule has 1 aromatic heterocycles. The fraction of sp³-hybridized carbons (Fsp3) is 0.261. The van der Waals surface area contributed by atoms with Crippen LogP contribution in [-0.4, -0.2) is 35.3 Å². The van der Waals surface area contributed by atoms with E-state index in [1.54, 1.807) is 20.0 Å². The number of hydrogen-bond donors (Lipinski definition) is 1. The van der Waals surface area contributed by atoms with Gasteiger partial charge in [-0.3, -0.25) is 14.6 Å². The fourth-order valence-electron chi connectivity index (χ4n) is 3.56. The number of rotatable bonds is 4. The normalized spacial score (nSPS) is 10.8. The number of hydrogen-bond acceptors (Lipinski definition) is 3. The van der Waals surface area contributed by atoms with Gasteiger partial charge < -0.3 is 10.2 Å². The molecule has 1 heterocycles. The van der Waals surface area contributed by atoms with Crippen molar-refractivity contribution in [2.45, 2.75) is 27.7 Å². The molecule has 0 aliphatic rings. The van der Waals surface area contributed by atoms with Gasteiger partial charge in [0.25, 0.3) is 5.91 Å². The molecular formula is C23H24FN3O2. The minimum atomic E-state index is -0.412. The maximum absolute atomic E-state index is 13.5. The first-order valence-corrected chi connectivity index (χ1v) is 9.36. The van der Waals surface area contributed by atoms with E-state index in [1.807, 2.05) is 32.9 Å². The Kier molecular flexibility index (Phi) is 5.64. The van der Waals surface area contributed by atoms with Crippen LogP contribution >= 0.6 is 0 Å². The molecule has 0 unspecified atom stereocenters. The molecule has 3 rings (SSSR count). The predicted molar refractivity (Wildman–Crippen MR) is 113 cm³/mol. The van der Waals surface area contributed by atoms with E-state index >= 15 is 0 Å². The van der Waals surface area contributed by atoms with Crippen molar-refractivity contribution in [3.05, 3.63) is 70.2 Å². The van der Waals surface area contributed by atoms with Crippen LogP contribution in [0.1, 0.15) is 32.7 Å². The van der Waals surface area contributed by atoms with Crippen molar-refractivity contribution in [1.29, 1.82) is 0 Å². The van der Waals surface area contributed by atoms with Crippen molar-refractivity contribution in [3.63, 3.8) is 0 Å². The van der Waals surface area contributed by atoms with Crippen molar-refractivity contribution in [2.75, 3.05) is 18.9 Å². The van der Waals surface area contributed by atoms with Gasteiger partial charge in [0.15, 0.2) is 0 Å². The Bertz CT molecular complexity index is 1100. The second-order valence-electron chi connectivity index (χ2n) is 7.46. The van der Waals surface area contributed by atoms with E-state index in [1.165, 1.54) is 23.1 Å². The van der Waals surface area contributed by atoms with Crippen LogP contribution in [-0.2, 0) is 4.79 Å². The fourth-order valence-corrected chi connectivity index (χ4v) is 3.56. The molecule has 150 valence electrons. The third kappa shape index (κ3) is 4.42. The molecule has 0 spiro atoms. The van der Waals surface area contributed by atoms with E-state index in [0.29, 0.717) is 22.2 Å². The minimum absolute atomic E-state index is 0.102. The highest BCUT2D eigenvalue weighted by molar-refractivity contribution is 6.07. The number of nitrogens with zero attached hydrogens (tertiary/aromatic N) is 2. The molecule has 1 N–H and O–H groups in total. The zero-order valence-electron chi connectivity index (χ0n) is 17.3. The highest BCUT2D eigenvalue weighted by atomic mass is 19.1. The van der Waals surface area contributed by atoms with Gasteiger partial charge in [0.1, 0.15) is 5.82 Å². The Labute approximate surface area is 169 Å². The molecule has 0 saturated heterocycles. The van der Waals surface area contributed by atoms with Crippen LogP contribution < -0.4 is 5.32 Å². The van der Waals surface area contributed by atoms with E-state index in [9.17, 15) is 14.0 Å². The molecule has 3 aromatic rings. The number of anilines is 1. The number of carbonyl (C=O) groups is 2. The number of likely N-dealkylation sites (N-methyl/N-ethyl adjacent to an activating group) is 1. The van der Waals surface area contributed by atoms with Gasteiger partial charge in [0.2, 0.25) is 5.91 Å². The van der Waals surface area contributed by atoms with Crippen LogP contribution in [0, 0.1) is 33.5 Å². The van der Waals surface area contributed by atoms with Crippen molar-refractivity contribution in [2.24, 2.45) is 0 Å². The summed E-state index contributed by atoms with van der Waals surface area (Å²) in [4.78, 5) is 31.2. The Hall–Kier alpha value is -3.28. The van der Waals surface area contributed by atoms with Gasteiger partial charge in [-0.1, -0.05) is 17.7 Å². The SMILES string of the molecule is Cc1cc(C)c(NC(=O)CN(C)C(=O)c2cc(C)nc3cc(F)ccc23)c(C)c1. The summed E-state index contributed by atoms with van der Waals surface area (Å²) in [7, 11) is 1.57. The standard InChI is InChI=1S/C23H24FN3O2/c1-13-8-14(2)22(15(3)9-13)26-21(28)12-27(5)23(29)19-10-16(4)25-20-11-17(24)6-7-18(19)20/h6-11H,12H2,1-5H3,(H,26,28). The lowest BCUT2D eigenvalue weighted by Crippen LogP contribution is -2.35. The summed E-state index contributed by atoms with van der Waals surface area (Å²) >= 11 is 0. The summed E-state index contributed by atoms with van der Waals surface area (Å²) in [6.45, 7) is 7.53. The molecule has 5 nitrogen and oxygen atoms in total. The number of aromatic nitrogens is 1. The van der Waals surface area contributed by atoms with Gasteiger partial charge in [-0.05, 0) is 57.0 Å². The number of amides is 2. The van der Waals surface area contributed by atoms with Gasteiger partial charge in [-0.25, -0.2) is 4.39 Å². The number of nitrogens with one attached hydrogen (secondary N) is 1. The average molecular weight is 393 g/mol. The zero-order chi connectivity index (χ0) is 21.3. The van der Waals surface area contributed by atoms with Crippen LogP contribution in [0.5, 0.6) is 0 Å². The van der Waals surface area contributed by atoms with E-state index in [-0.39, 0.29) is 18.4 Å². The summed E-state index contributed by atoms with van der Waals surface area (Å²) in [5.41, 5.74) is 5.26. The second kappa shape index (κ2) is 7.99. The number of benzene rings is 2. The Morgan fingerprint density at radius 3 is 2.34 bits per heavy atom. The first-order valence-electron chi connectivity index (χ1n) is 9.36. The van der Waals surface area contributed by atoms with Gasteiger partial charge in [-0.2, -0.15) is 0 Å². The molecule has 0 radical (unpaired) electrons. The van der Waals surface area contributed by atoms with Gasteiger partial charge in [0.05, 0.1) is 17.6 Å². The topological polar surface area (TPSA) is 62.3 Å². The summed E-state index contributed by atoms with van der Waals surface area (Å²) in [5, 5.41) is 3.46. The molecule has 0 atom stereocenters. The predicted octanol–water partition coefficient (Wildman–Crippen LogP) is 4.32. The molecular weight excluding hydrogens is 369 g/mol. The second-order valence-corrected chi connectivity index (χ2v) is 7.46. The third-order valence-electron chi connectivity index (χ3n) is 4.80. The number of aryl methyl sites for hydroxylation is 4. The number of pyridine rings is 1. The molecule has 0 aliphatic carbocycles. The van der Waals surface area contributed by atoms with Crippen molar-refractivity contribution >= 4 is 28.4 Å². The smallest absolute Gasteiger partial charge is 0.254 e. The van der Waals surface area contributed by atoms with E-state index in [0.717, 1.165) is 22.4 Å². The third-order valence-corrected chi connectivity index (χ3v) is 4.80. The van der Waals surface area contributed by atoms with E-state index in [4.69, 9.17) is 0 Å². The first-order chi connectivity index (χ1) is 13.7. The Morgan fingerprint density at radius 1 is 1.03 bits per heavy atom. The van der Waals surface area contributed by atoms with Gasteiger partial charge in [0, 0.05) is 29.9 Å². The quantitative estimate of drug-likeness (QED) is 0.718. The monoisotopic (exact) mass is 393 g/mol. The highest BCUT2D eigenvalue weighted by Crippen LogP contribution is 2.23. The maximum Gasteiger partial charge on any atom is 0.254 e. The van der Waals surface area contributed by atoms with Gasteiger partial charge in [-0.15, -0.1) is 0 Å². The Balaban J connectivity index is 1.81. The molecule has 2 amide bonds. The van der Waals surface area contributed by atoms with Crippen LogP contribution in [0.3, 0.4) is 0 Å². The summed E-state index contributed by atoms with van der Waals surface area (Å²) in [5.74, 6) is -1.01. The number of halogens is 1. The lowest BCUT2D eigenvalue weighted by Gasteiger charge is -2.19. The van der Waals surface area contributed by atoms with E-state index < -0.39 is 5.82 Å². The van der Waals surface area contributed by atoms with Crippen molar-refractivity contribution in [3.8, 4) is 0 Å². The molecule has 0 fully saturated rings. The van der Waals surface area contributed by atoms with Crippen LogP contribution in [0.2, 0.25) is 0 Å².